The Morgan fingerprint density at radius 1 is 0.276 bits per heavy atom. The van der Waals surface area contributed by atoms with Gasteiger partial charge in [0.05, 0.1) is 94.5 Å². The van der Waals surface area contributed by atoms with Gasteiger partial charge in [0.2, 0.25) is 0 Å². The largest absolute Gasteiger partial charge is 0.198 e. The monoisotopic (exact) mass is 1580 g/mol. The molecule has 10 rings (SSSR count). The number of thioether (sulfide) groups is 24. The number of rotatable bonds is 27. The fourth-order valence-electron chi connectivity index (χ4n) is 8.08. The van der Waals surface area contributed by atoms with Gasteiger partial charge in [0.1, 0.15) is 0 Å². The van der Waals surface area contributed by atoms with Crippen LogP contribution in [0.3, 0.4) is 0 Å². The summed E-state index contributed by atoms with van der Waals surface area (Å²) in [6.45, 7) is 0. The van der Waals surface area contributed by atoms with E-state index >= 15 is 0 Å². The average molecular weight is 1580 g/mol. The second kappa shape index (κ2) is 36.7. The van der Waals surface area contributed by atoms with Crippen molar-refractivity contribution < 1.29 is 0 Å². The summed E-state index contributed by atoms with van der Waals surface area (Å²) >= 11 is 45.2. The van der Waals surface area contributed by atoms with Crippen LogP contribution in [0.15, 0.2) is 167 Å². The Bertz CT molecular complexity index is 3330. The highest BCUT2D eigenvalue weighted by Gasteiger charge is 2.34. The maximum Gasteiger partial charge on any atom is 0.0717 e. The number of hydrogen-bond acceptors (Lipinski definition) is 27. The molecule has 0 atom stereocenters. The van der Waals surface area contributed by atoms with E-state index in [0.717, 1.165) is 34.5 Å². The van der Waals surface area contributed by atoms with Crippen LogP contribution in [0.1, 0.15) is 36.0 Å². The van der Waals surface area contributed by atoms with Crippen LogP contribution >= 0.6 is 282 Å². The molecular formula is C60H51N3S24. The second-order valence-electron chi connectivity index (χ2n) is 17.7. The van der Waals surface area contributed by atoms with Crippen molar-refractivity contribution in [1.82, 2.24) is 0 Å². The fourth-order valence-corrected chi connectivity index (χ4v) is 41.1. The van der Waals surface area contributed by atoms with Gasteiger partial charge >= 0.3 is 0 Å². The minimum absolute atomic E-state index is 0.564. The molecule has 450 valence electrons. The summed E-state index contributed by atoms with van der Waals surface area (Å²) in [5.74, 6) is 5.11. The van der Waals surface area contributed by atoms with Crippen LogP contribution in [0, 0.1) is 34.0 Å². The Kier molecular flexibility index (Phi) is 30.0. The van der Waals surface area contributed by atoms with E-state index < -0.39 is 0 Å². The molecule has 3 nitrogen and oxygen atoms in total. The number of nitrogens with zero attached hydrogens (tertiary/aromatic N) is 3. The summed E-state index contributed by atoms with van der Waals surface area (Å²) in [5, 5.41) is 27.5. The molecule has 0 fully saturated rings. The van der Waals surface area contributed by atoms with Crippen molar-refractivity contribution in [2.75, 3.05) is 54.8 Å². The number of benzene rings is 4. The first-order valence-electron chi connectivity index (χ1n) is 26.0. The van der Waals surface area contributed by atoms with Crippen LogP contribution in [0.5, 0.6) is 0 Å². The molecule has 0 unspecified atom stereocenters. The van der Waals surface area contributed by atoms with Crippen LogP contribution in [0.2, 0.25) is 0 Å². The van der Waals surface area contributed by atoms with Gasteiger partial charge in [0, 0.05) is 53.8 Å². The van der Waals surface area contributed by atoms with Crippen molar-refractivity contribution in [3.05, 3.63) is 184 Å². The van der Waals surface area contributed by atoms with Gasteiger partial charge in [-0.25, -0.2) is 0 Å². The Hall–Kier alpha value is 1.41. The average Bonchev–Trinajstić information content (AvgIpc) is 4.45. The topological polar surface area (TPSA) is 71.4 Å². The molecule has 87 heavy (non-hydrogen) atoms. The van der Waals surface area contributed by atoms with E-state index in [4.69, 9.17) is 0 Å². The highest BCUT2D eigenvalue weighted by Crippen LogP contribution is 2.69. The maximum atomic E-state index is 9.18. The van der Waals surface area contributed by atoms with Gasteiger partial charge in [-0.15, -0.1) is 141 Å². The van der Waals surface area contributed by atoms with Crippen molar-refractivity contribution in [2.24, 2.45) is 0 Å². The maximum absolute atomic E-state index is 9.18. The fraction of sp³-hybridized carbons (Fsp3) is 0.250. The Labute approximate surface area is 616 Å². The Balaban J connectivity index is 0.887. The molecule has 0 saturated heterocycles. The van der Waals surface area contributed by atoms with Crippen molar-refractivity contribution in [1.29, 1.82) is 15.8 Å². The molecule has 0 aliphatic carbocycles. The molecule has 4 aromatic rings. The molecule has 0 N–H and O–H groups in total. The Morgan fingerprint density at radius 3 is 0.713 bits per heavy atom. The zero-order valence-electron chi connectivity index (χ0n) is 47.2. The summed E-state index contributed by atoms with van der Waals surface area (Å²) in [6, 6.07) is 41.7. The third-order valence-electron chi connectivity index (χ3n) is 12.0. The normalized spacial score (nSPS) is 19.8. The molecule has 0 bridgehead atoms. The van der Waals surface area contributed by atoms with Gasteiger partial charge < -0.3 is 0 Å². The summed E-state index contributed by atoms with van der Waals surface area (Å²) in [5.41, 5.74) is 11.2. The number of nitriles is 3. The summed E-state index contributed by atoms with van der Waals surface area (Å²) in [6.07, 6.45) is 14.8. The van der Waals surface area contributed by atoms with Crippen LogP contribution in [0.25, 0.3) is 33.4 Å². The van der Waals surface area contributed by atoms with Crippen molar-refractivity contribution in [3.63, 3.8) is 0 Å². The molecule has 0 spiro atoms. The zero-order chi connectivity index (χ0) is 60.7. The first kappa shape index (κ1) is 71.2. The standard InChI is InChI=1S/C60H51N3S24/c1-64-43-49(70-22-10-19-61)82-55(76-43)58-79-46(67-4)52(85-58)73-31-34-13-7-16-37(25-34)40-28-41(38-17-8-14-35(26-38)32-74-53-47(68-5)80-59(86-53)56-77-44(65-2)50(83-56)71-23-11-20-62)30-42(29-40)39-18-9-15-36(27-39)33-75-54-48(69-6)81-60(87-54)57-78-45(66-3)51(84-57)72-24-12-21-63/h7-9,13-18,25-30H,10-12,22-24,31-33H2,1-6H3/b58-55-,59-56-,60-57-. The van der Waals surface area contributed by atoms with Gasteiger partial charge in [0.15, 0.2) is 0 Å². The molecule has 0 aromatic heterocycles. The van der Waals surface area contributed by atoms with E-state index in [-0.39, 0.29) is 0 Å². The highest BCUT2D eigenvalue weighted by molar-refractivity contribution is 8.47. The van der Waals surface area contributed by atoms with Gasteiger partial charge in [-0.3, -0.25) is 0 Å². The smallest absolute Gasteiger partial charge is 0.0717 e. The van der Waals surface area contributed by atoms with Gasteiger partial charge in [-0.2, -0.15) is 15.8 Å². The lowest BCUT2D eigenvalue weighted by atomic mass is 9.92. The lowest BCUT2D eigenvalue weighted by molar-refractivity contribution is 1.24. The summed E-state index contributed by atoms with van der Waals surface area (Å²) in [4.78, 5) is 0. The first-order valence-corrected chi connectivity index (χ1v) is 49.1. The molecule has 6 aliphatic heterocycles. The molecular weight excluding hydrogens is 1530 g/mol. The van der Waals surface area contributed by atoms with Gasteiger partial charge in [-0.05, 0) is 106 Å². The number of hydrogen-bond donors (Lipinski definition) is 0. The first-order chi connectivity index (χ1) is 42.6. The van der Waals surface area contributed by atoms with E-state index in [0.29, 0.717) is 19.3 Å². The molecule has 0 saturated carbocycles. The van der Waals surface area contributed by atoms with Gasteiger partial charge in [-0.1, -0.05) is 214 Å². The van der Waals surface area contributed by atoms with E-state index in [2.05, 4.69) is 147 Å². The molecule has 6 aliphatic rings. The molecule has 27 heteroatoms. The lowest BCUT2D eigenvalue weighted by Gasteiger charge is -2.14. The molecule has 4 aromatic carbocycles. The SMILES string of the molecule is CSC1=C(SCCC#N)S/C(=C2/SC(SC)=C(SCc3cccc(-c4cc(-c5cccc(CSC6=C(SC)S/C(=C7\SC(SC)=C(SCCC#N)S7)S6)c5)cc(-c5cccc(CSC6=C(SC)S/C(=C7\SC(SC)=C(SCCC#N)S7)S6)c5)c4)c3)S2)S1. The Morgan fingerprint density at radius 2 is 0.494 bits per heavy atom. The lowest BCUT2D eigenvalue weighted by Crippen LogP contribution is -1.90. The van der Waals surface area contributed by atoms with E-state index in [1.54, 1.807) is 0 Å². The minimum Gasteiger partial charge on any atom is -0.198 e. The van der Waals surface area contributed by atoms with E-state index in [9.17, 15) is 15.8 Å². The van der Waals surface area contributed by atoms with E-state index in [1.165, 1.54) is 126 Å². The van der Waals surface area contributed by atoms with Crippen LogP contribution in [0.4, 0.5) is 0 Å². The van der Waals surface area contributed by atoms with Crippen LogP contribution in [-0.2, 0) is 17.3 Å². The zero-order valence-corrected chi connectivity index (χ0v) is 66.8. The molecule has 0 radical (unpaired) electrons. The van der Waals surface area contributed by atoms with Crippen LogP contribution < -0.4 is 0 Å². The highest BCUT2D eigenvalue weighted by atomic mass is 32.3. The van der Waals surface area contributed by atoms with E-state index in [1.807, 2.05) is 282 Å². The van der Waals surface area contributed by atoms with Crippen molar-refractivity contribution >= 4 is 282 Å². The van der Waals surface area contributed by atoms with Crippen molar-refractivity contribution in [3.8, 4) is 51.6 Å². The van der Waals surface area contributed by atoms with Gasteiger partial charge in [0.25, 0.3) is 0 Å². The summed E-state index contributed by atoms with van der Waals surface area (Å²) in [7, 11) is 0. The predicted molar refractivity (Wildman–Crippen MR) is 440 cm³/mol. The third kappa shape index (κ3) is 19.4. The predicted octanol–water partition coefficient (Wildman–Crippen LogP) is 27.5. The second-order valence-corrected chi connectivity index (χ2v) is 45.7. The van der Waals surface area contributed by atoms with Crippen molar-refractivity contribution in [2.45, 2.75) is 36.5 Å². The summed E-state index contributed by atoms with van der Waals surface area (Å²) < 4.78 is 24.5. The quantitative estimate of drug-likeness (QED) is 0.0532. The molecule has 6 heterocycles. The third-order valence-corrected chi connectivity index (χ3v) is 46.0. The van der Waals surface area contributed by atoms with Crippen LogP contribution in [-0.4, -0.2) is 54.8 Å². The molecule has 0 amide bonds. The minimum atomic E-state index is 0.564.